The molecule has 1 aliphatic carbocycles. The molecule has 0 atom stereocenters. The molecule has 1 aromatic carbocycles. The lowest BCUT2D eigenvalue weighted by Crippen LogP contribution is -2.30. The third kappa shape index (κ3) is 3.47. The molecule has 98 valence electrons. The highest BCUT2D eigenvalue weighted by molar-refractivity contribution is 5.87. The van der Waals surface area contributed by atoms with Gasteiger partial charge in [0, 0.05) is 12.6 Å². The first-order valence-electron chi connectivity index (χ1n) is 6.41. The van der Waals surface area contributed by atoms with Gasteiger partial charge in [0.15, 0.2) is 0 Å². The van der Waals surface area contributed by atoms with Crippen LogP contribution in [0.4, 0.5) is 0 Å². The first-order valence-corrected chi connectivity index (χ1v) is 6.41. The van der Waals surface area contributed by atoms with Crippen molar-refractivity contribution in [3.05, 3.63) is 29.8 Å². The molecule has 0 spiro atoms. The number of carbonyl (C=O) groups is 1. The Morgan fingerprint density at radius 2 is 2.28 bits per heavy atom. The molecule has 1 N–H and O–H groups in total. The first kappa shape index (κ1) is 12.9. The van der Waals surface area contributed by atoms with Crippen LogP contribution in [0.15, 0.2) is 24.3 Å². The van der Waals surface area contributed by atoms with Gasteiger partial charge in [-0.25, -0.2) is 4.79 Å². The molecule has 0 aliphatic heterocycles. The Hall–Kier alpha value is -1.55. The van der Waals surface area contributed by atoms with Gasteiger partial charge in [0.1, 0.15) is 12.4 Å². The number of nitrogens with zero attached hydrogens (tertiary/aromatic N) is 1. The largest absolute Gasteiger partial charge is 0.492 e. The summed E-state index contributed by atoms with van der Waals surface area (Å²) >= 11 is 0. The van der Waals surface area contributed by atoms with Crippen molar-refractivity contribution in [2.75, 3.05) is 19.7 Å². The zero-order valence-electron chi connectivity index (χ0n) is 10.6. The van der Waals surface area contributed by atoms with Crippen LogP contribution in [0.1, 0.15) is 30.1 Å². The van der Waals surface area contributed by atoms with Gasteiger partial charge in [0.2, 0.25) is 0 Å². The average Bonchev–Trinajstić information content (AvgIpc) is 3.19. The molecule has 0 radical (unpaired) electrons. The molecule has 2 rings (SSSR count). The first-order chi connectivity index (χ1) is 8.70. The van der Waals surface area contributed by atoms with E-state index in [4.69, 9.17) is 9.84 Å². The molecular weight excluding hydrogens is 230 g/mol. The highest BCUT2D eigenvalue weighted by Gasteiger charge is 2.27. The molecule has 18 heavy (non-hydrogen) atoms. The van der Waals surface area contributed by atoms with E-state index in [9.17, 15) is 4.79 Å². The third-order valence-electron chi connectivity index (χ3n) is 3.20. The van der Waals surface area contributed by atoms with E-state index in [1.54, 1.807) is 24.3 Å². The van der Waals surface area contributed by atoms with E-state index < -0.39 is 5.97 Å². The summed E-state index contributed by atoms with van der Waals surface area (Å²) in [5, 5.41) is 8.88. The highest BCUT2D eigenvalue weighted by Crippen LogP contribution is 2.26. The number of likely N-dealkylation sites (N-methyl/N-ethyl adjacent to an activating group) is 1. The molecule has 0 unspecified atom stereocenters. The summed E-state index contributed by atoms with van der Waals surface area (Å²) in [4.78, 5) is 13.2. The van der Waals surface area contributed by atoms with Crippen molar-refractivity contribution in [1.29, 1.82) is 0 Å². The van der Waals surface area contributed by atoms with Crippen molar-refractivity contribution >= 4 is 5.97 Å². The summed E-state index contributed by atoms with van der Waals surface area (Å²) in [6, 6.07) is 7.37. The number of carboxylic acids is 1. The lowest BCUT2D eigenvalue weighted by molar-refractivity contribution is 0.0696. The van der Waals surface area contributed by atoms with Crippen LogP contribution in [0.25, 0.3) is 0 Å². The average molecular weight is 249 g/mol. The number of benzene rings is 1. The van der Waals surface area contributed by atoms with Crippen molar-refractivity contribution < 1.29 is 14.6 Å². The van der Waals surface area contributed by atoms with E-state index in [2.05, 4.69) is 11.8 Å². The lowest BCUT2D eigenvalue weighted by atomic mass is 10.2. The van der Waals surface area contributed by atoms with E-state index >= 15 is 0 Å². The molecule has 0 heterocycles. The minimum Gasteiger partial charge on any atom is -0.492 e. The van der Waals surface area contributed by atoms with Gasteiger partial charge in [-0.15, -0.1) is 0 Å². The summed E-state index contributed by atoms with van der Waals surface area (Å²) in [7, 11) is 0. The van der Waals surface area contributed by atoms with E-state index in [1.165, 1.54) is 12.8 Å². The lowest BCUT2D eigenvalue weighted by Gasteiger charge is -2.19. The predicted molar refractivity (Wildman–Crippen MR) is 69.2 cm³/mol. The molecule has 1 fully saturated rings. The van der Waals surface area contributed by atoms with Crippen LogP contribution in [0.3, 0.4) is 0 Å². The van der Waals surface area contributed by atoms with Crippen LogP contribution < -0.4 is 4.74 Å². The fraction of sp³-hybridized carbons (Fsp3) is 0.500. The fourth-order valence-electron chi connectivity index (χ4n) is 2.04. The Morgan fingerprint density at radius 3 is 2.89 bits per heavy atom. The number of aromatic carboxylic acids is 1. The van der Waals surface area contributed by atoms with Crippen molar-refractivity contribution in [2.24, 2.45) is 0 Å². The molecule has 0 aromatic heterocycles. The zero-order chi connectivity index (χ0) is 13.0. The summed E-state index contributed by atoms with van der Waals surface area (Å²) < 4.78 is 5.60. The van der Waals surface area contributed by atoms with Gasteiger partial charge in [0.05, 0.1) is 5.56 Å². The Bertz CT molecular complexity index is 415. The van der Waals surface area contributed by atoms with Crippen molar-refractivity contribution in [2.45, 2.75) is 25.8 Å². The van der Waals surface area contributed by atoms with Gasteiger partial charge in [-0.1, -0.05) is 13.0 Å². The van der Waals surface area contributed by atoms with Crippen LogP contribution >= 0.6 is 0 Å². The van der Waals surface area contributed by atoms with Crippen molar-refractivity contribution in [3.8, 4) is 5.75 Å². The van der Waals surface area contributed by atoms with Crippen LogP contribution in [0.2, 0.25) is 0 Å². The predicted octanol–water partition coefficient (Wildman–Crippen LogP) is 2.25. The summed E-state index contributed by atoms with van der Waals surface area (Å²) in [6.45, 7) is 4.71. The second-order valence-electron chi connectivity index (χ2n) is 4.54. The summed E-state index contributed by atoms with van der Waals surface area (Å²) in [5.74, 6) is -0.296. The zero-order valence-corrected chi connectivity index (χ0v) is 10.6. The Balaban J connectivity index is 1.82. The monoisotopic (exact) mass is 249 g/mol. The maximum Gasteiger partial charge on any atom is 0.335 e. The van der Waals surface area contributed by atoms with Gasteiger partial charge in [0.25, 0.3) is 0 Å². The van der Waals surface area contributed by atoms with Gasteiger partial charge in [-0.05, 0) is 37.6 Å². The number of rotatable bonds is 7. The standard InChI is InChI=1S/C14H19NO3/c1-2-15(12-6-7-12)8-9-18-13-5-3-4-11(10-13)14(16)17/h3-5,10,12H,2,6-9H2,1H3,(H,16,17). The fourth-order valence-corrected chi connectivity index (χ4v) is 2.04. The van der Waals surface area contributed by atoms with Gasteiger partial charge in [-0.3, -0.25) is 4.90 Å². The van der Waals surface area contributed by atoms with Gasteiger partial charge >= 0.3 is 5.97 Å². The molecule has 1 saturated carbocycles. The van der Waals surface area contributed by atoms with Crippen LogP contribution in [0.5, 0.6) is 5.75 Å². The molecule has 1 aliphatic rings. The number of hydrogen-bond donors (Lipinski definition) is 1. The minimum atomic E-state index is -0.923. The number of hydrogen-bond acceptors (Lipinski definition) is 3. The highest BCUT2D eigenvalue weighted by atomic mass is 16.5. The topological polar surface area (TPSA) is 49.8 Å². The van der Waals surface area contributed by atoms with E-state index in [-0.39, 0.29) is 5.56 Å². The minimum absolute atomic E-state index is 0.266. The van der Waals surface area contributed by atoms with E-state index in [0.717, 1.165) is 19.1 Å². The van der Waals surface area contributed by atoms with Crippen LogP contribution in [-0.2, 0) is 0 Å². The third-order valence-corrected chi connectivity index (χ3v) is 3.20. The normalized spacial score (nSPS) is 14.8. The quantitative estimate of drug-likeness (QED) is 0.805. The second-order valence-corrected chi connectivity index (χ2v) is 4.54. The molecule has 4 nitrogen and oxygen atoms in total. The van der Waals surface area contributed by atoms with Gasteiger partial charge in [-0.2, -0.15) is 0 Å². The van der Waals surface area contributed by atoms with Crippen LogP contribution in [-0.4, -0.2) is 41.7 Å². The SMILES string of the molecule is CCN(CCOc1cccc(C(=O)O)c1)C1CC1. The summed E-state index contributed by atoms with van der Waals surface area (Å²) in [5.41, 5.74) is 0.266. The van der Waals surface area contributed by atoms with Gasteiger partial charge < -0.3 is 9.84 Å². The van der Waals surface area contributed by atoms with E-state index in [1.807, 2.05) is 0 Å². The molecule has 0 amide bonds. The molecule has 0 saturated heterocycles. The Kier molecular flexibility index (Phi) is 4.20. The maximum absolute atomic E-state index is 10.8. The molecular formula is C14H19NO3. The Morgan fingerprint density at radius 1 is 1.50 bits per heavy atom. The molecule has 0 bridgehead atoms. The van der Waals surface area contributed by atoms with Crippen molar-refractivity contribution in [1.82, 2.24) is 4.90 Å². The second kappa shape index (κ2) is 5.87. The summed E-state index contributed by atoms with van der Waals surface area (Å²) in [6.07, 6.45) is 2.59. The molecule has 4 heteroatoms. The van der Waals surface area contributed by atoms with E-state index in [0.29, 0.717) is 12.4 Å². The molecule has 1 aromatic rings. The number of carboxylic acid groups (broad SMARTS) is 1. The maximum atomic E-state index is 10.8. The van der Waals surface area contributed by atoms with Crippen LogP contribution in [0, 0.1) is 0 Å². The smallest absolute Gasteiger partial charge is 0.335 e. The van der Waals surface area contributed by atoms with Crippen molar-refractivity contribution in [3.63, 3.8) is 0 Å². The number of ether oxygens (including phenoxy) is 1. The Labute approximate surface area is 107 Å².